The maximum atomic E-state index is 11.0. The molecule has 7 nitrogen and oxygen atoms in total. The summed E-state index contributed by atoms with van der Waals surface area (Å²) < 4.78 is 1.71. The Morgan fingerprint density at radius 1 is 1.41 bits per heavy atom. The van der Waals surface area contributed by atoms with Crippen molar-refractivity contribution in [3.05, 3.63) is 53.0 Å². The number of nitrogens with zero attached hydrogens (tertiary/aromatic N) is 3. The molecule has 1 aromatic carbocycles. The minimum atomic E-state index is -1.25. The van der Waals surface area contributed by atoms with Crippen LogP contribution >= 0.6 is 0 Å². The fourth-order valence-electron chi connectivity index (χ4n) is 2.09. The van der Waals surface area contributed by atoms with Gasteiger partial charge in [0, 0.05) is 24.5 Å². The molecule has 0 amide bonds. The molecule has 2 aromatic rings. The standard InChI is InChI=1S/C15H19N5O2/c1-9-4-5-11(15(21)22)6-14(9)20(17)8-13(16)12-7-18-19(3)10(12)2/h4-8H,16-17H2,1-3H3,(H,21,22)/p-1/b13-8-. The number of benzene rings is 1. The number of carbonyl (C=O) groups excluding carboxylic acids is 1. The Bertz CT molecular complexity index is 748. The first-order valence-electron chi connectivity index (χ1n) is 6.63. The highest BCUT2D eigenvalue weighted by Crippen LogP contribution is 2.21. The summed E-state index contributed by atoms with van der Waals surface area (Å²) in [6.45, 7) is 3.72. The van der Waals surface area contributed by atoms with Gasteiger partial charge in [-0.2, -0.15) is 5.10 Å². The Kier molecular flexibility index (Phi) is 4.18. The van der Waals surface area contributed by atoms with Crippen LogP contribution in [0.5, 0.6) is 0 Å². The van der Waals surface area contributed by atoms with Crippen molar-refractivity contribution in [2.75, 3.05) is 5.01 Å². The molecule has 1 heterocycles. The van der Waals surface area contributed by atoms with Crippen molar-refractivity contribution in [2.45, 2.75) is 13.8 Å². The first-order valence-corrected chi connectivity index (χ1v) is 6.63. The maximum Gasteiger partial charge on any atom is 0.0716 e. The second-order valence-electron chi connectivity index (χ2n) is 5.05. The summed E-state index contributed by atoms with van der Waals surface area (Å²) in [5.41, 5.74) is 9.57. The fraction of sp³-hybridized carbons (Fsp3) is 0.200. The van der Waals surface area contributed by atoms with Crippen molar-refractivity contribution in [1.29, 1.82) is 0 Å². The monoisotopic (exact) mass is 300 g/mol. The fourth-order valence-corrected chi connectivity index (χ4v) is 2.09. The molecule has 0 fully saturated rings. The smallest absolute Gasteiger partial charge is 0.0716 e. The van der Waals surface area contributed by atoms with Crippen LogP contribution in [0, 0.1) is 13.8 Å². The molecule has 0 saturated carbocycles. The van der Waals surface area contributed by atoms with Crippen molar-refractivity contribution < 1.29 is 9.90 Å². The van der Waals surface area contributed by atoms with E-state index in [4.69, 9.17) is 11.6 Å². The summed E-state index contributed by atoms with van der Waals surface area (Å²) in [5.74, 6) is 4.74. The molecular weight excluding hydrogens is 282 g/mol. The van der Waals surface area contributed by atoms with E-state index in [0.29, 0.717) is 11.4 Å². The summed E-state index contributed by atoms with van der Waals surface area (Å²) in [7, 11) is 1.82. The highest BCUT2D eigenvalue weighted by atomic mass is 16.4. The van der Waals surface area contributed by atoms with Crippen LogP contribution < -0.4 is 21.7 Å². The Balaban J connectivity index is 2.37. The van der Waals surface area contributed by atoms with Crippen LogP contribution in [0.25, 0.3) is 5.70 Å². The van der Waals surface area contributed by atoms with E-state index in [1.165, 1.54) is 23.3 Å². The molecule has 4 N–H and O–H groups in total. The second kappa shape index (κ2) is 5.90. The van der Waals surface area contributed by atoms with Gasteiger partial charge in [-0.15, -0.1) is 0 Å². The molecule has 0 unspecified atom stereocenters. The maximum absolute atomic E-state index is 11.0. The van der Waals surface area contributed by atoms with Gasteiger partial charge in [0.2, 0.25) is 0 Å². The molecule has 116 valence electrons. The van der Waals surface area contributed by atoms with Crippen molar-refractivity contribution in [3.63, 3.8) is 0 Å². The third kappa shape index (κ3) is 2.94. The first-order chi connectivity index (χ1) is 10.3. The summed E-state index contributed by atoms with van der Waals surface area (Å²) in [6.07, 6.45) is 3.19. The summed E-state index contributed by atoms with van der Waals surface area (Å²) in [4.78, 5) is 11.0. The van der Waals surface area contributed by atoms with E-state index in [1.807, 2.05) is 20.9 Å². The molecule has 0 radical (unpaired) electrons. The predicted octanol–water partition coefficient (Wildman–Crippen LogP) is 0.0378. The van der Waals surface area contributed by atoms with Gasteiger partial charge in [-0.05, 0) is 31.0 Å². The summed E-state index contributed by atoms with van der Waals surface area (Å²) in [5, 5.41) is 16.4. The third-order valence-corrected chi connectivity index (χ3v) is 3.55. The zero-order chi connectivity index (χ0) is 16.4. The van der Waals surface area contributed by atoms with Crippen LogP contribution in [0.1, 0.15) is 27.2 Å². The zero-order valence-corrected chi connectivity index (χ0v) is 12.7. The topological polar surface area (TPSA) is 113 Å². The first kappa shape index (κ1) is 15.6. The third-order valence-electron chi connectivity index (χ3n) is 3.55. The average Bonchev–Trinajstić information content (AvgIpc) is 2.79. The summed E-state index contributed by atoms with van der Waals surface area (Å²) in [6, 6.07) is 4.59. The Morgan fingerprint density at radius 3 is 2.64 bits per heavy atom. The molecule has 1 aromatic heterocycles. The van der Waals surface area contributed by atoms with Crippen molar-refractivity contribution in [2.24, 2.45) is 18.6 Å². The number of carboxylic acid groups (broad SMARTS) is 1. The number of aromatic carboxylic acids is 1. The number of rotatable bonds is 4. The van der Waals surface area contributed by atoms with Crippen LogP contribution in [0.15, 0.2) is 30.6 Å². The number of aromatic nitrogens is 2. The molecule has 7 heteroatoms. The predicted molar refractivity (Wildman–Crippen MR) is 82.3 cm³/mol. The molecule has 0 aliphatic rings. The molecule has 0 bridgehead atoms. The van der Waals surface area contributed by atoms with Gasteiger partial charge in [0.25, 0.3) is 0 Å². The van der Waals surface area contributed by atoms with Gasteiger partial charge >= 0.3 is 0 Å². The molecule has 0 aliphatic heterocycles. The van der Waals surface area contributed by atoms with Crippen LogP contribution in [0.3, 0.4) is 0 Å². The van der Waals surface area contributed by atoms with E-state index >= 15 is 0 Å². The number of hydrogen-bond acceptors (Lipinski definition) is 6. The lowest BCUT2D eigenvalue weighted by atomic mass is 10.1. The van der Waals surface area contributed by atoms with Crippen molar-refractivity contribution in [1.82, 2.24) is 9.78 Å². The average molecular weight is 300 g/mol. The number of hydrogen-bond donors (Lipinski definition) is 2. The summed E-state index contributed by atoms with van der Waals surface area (Å²) >= 11 is 0. The number of anilines is 1. The number of carbonyl (C=O) groups is 1. The van der Waals surface area contributed by atoms with Gasteiger partial charge in [-0.25, -0.2) is 5.84 Å². The van der Waals surface area contributed by atoms with Crippen LogP contribution in [-0.2, 0) is 7.05 Å². The quantitative estimate of drug-likeness (QED) is 0.608. The van der Waals surface area contributed by atoms with Crippen molar-refractivity contribution >= 4 is 17.4 Å². The molecule has 0 spiro atoms. The van der Waals surface area contributed by atoms with Crippen molar-refractivity contribution in [3.8, 4) is 0 Å². The van der Waals surface area contributed by atoms with E-state index in [1.54, 1.807) is 16.9 Å². The lowest BCUT2D eigenvalue weighted by Crippen LogP contribution is -2.28. The lowest BCUT2D eigenvalue weighted by molar-refractivity contribution is -0.255. The minimum absolute atomic E-state index is 0.0561. The minimum Gasteiger partial charge on any atom is -0.545 e. The normalized spacial score (nSPS) is 11.5. The van der Waals surface area contributed by atoms with Gasteiger partial charge < -0.3 is 15.6 Å². The lowest BCUT2D eigenvalue weighted by Gasteiger charge is -2.19. The Labute approximate surface area is 128 Å². The van der Waals surface area contributed by atoms with E-state index in [9.17, 15) is 9.90 Å². The highest BCUT2D eigenvalue weighted by Gasteiger charge is 2.10. The van der Waals surface area contributed by atoms with Crippen LogP contribution in [-0.4, -0.2) is 15.7 Å². The zero-order valence-electron chi connectivity index (χ0n) is 12.7. The van der Waals surface area contributed by atoms with Crippen LogP contribution in [0.2, 0.25) is 0 Å². The largest absolute Gasteiger partial charge is 0.545 e. The van der Waals surface area contributed by atoms with Gasteiger partial charge in [0.05, 0.1) is 23.6 Å². The Morgan fingerprint density at radius 2 is 2.09 bits per heavy atom. The van der Waals surface area contributed by atoms with Gasteiger partial charge in [-0.3, -0.25) is 9.69 Å². The van der Waals surface area contributed by atoms with Gasteiger partial charge in [0.15, 0.2) is 0 Å². The van der Waals surface area contributed by atoms with Gasteiger partial charge in [0.1, 0.15) is 0 Å². The molecule has 0 aliphatic carbocycles. The molecule has 2 rings (SSSR count). The van der Waals surface area contributed by atoms with E-state index in [2.05, 4.69) is 5.10 Å². The highest BCUT2D eigenvalue weighted by molar-refractivity contribution is 5.87. The number of aryl methyl sites for hydroxylation is 2. The van der Waals surface area contributed by atoms with Gasteiger partial charge in [-0.1, -0.05) is 12.1 Å². The van der Waals surface area contributed by atoms with E-state index in [-0.39, 0.29) is 5.56 Å². The Hall–Kier alpha value is -2.80. The van der Waals surface area contributed by atoms with Crippen LogP contribution in [0.4, 0.5) is 5.69 Å². The van der Waals surface area contributed by atoms with E-state index in [0.717, 1.165) is 16.8 Å². The second-order valence-corrected chi connectivity index (χ2v) is 5.05. The SMILES string of the molecule is Cc1ccc(C(=O)[O-])cc1N(N)/C=C(\N)c1cnn(C)c1C. The number of carboxylic acids is 1. The molecular formula is C15H18N5O2-. The number of nitrogens with two attached hydrogens (primary N) is 2. The molecule has 22 heavy (non-hydrogen) atoms. The number of hydrazine groups is 1. The molecule has 0 saturated heterocycles. The molecule has 0 atom stereocenters. The van der Waals surface area contributed by atoms with E-state index < -0.39 is 5.97 Å².